The van der Waals surface area contributed by atoms with Gasteiger partial charge in [-0.2, -0.15) is 0 Å². The molecule has 0 spiro atoms. The zero-order valence-electron chi connectivity index (χ0n) is 12.2. The number of rotatable bonds is 2. The molecule has 0 aliphatic carbocycles. The molecule has 1 fully saturated rings. The van der Waals surface area contributed by atoms with E-state index in [4.69, 9.17) is 5.11 Å². The third-order valence-electron chi connectivity index (χ3n) is 3.86. The molecular weight excluding hydrogens is 272 g/mol. The van der Waals surface area contributed by atoms with E-state index in [1.54, 1.807) is 17.9 Å². The van der Waals surface area contributed by atoms with Crippen molar-refractivity contribution in [3.63, 3.8) is 0 Å². The number of nitrogens with zero attached hydrogens (tertiary/aromatic N) is 1. The van der Waals surface area contributed by atoms with Crippen molar-refractivity contribution < 1.29 is 19.8 Å². The van der Waals surface area contributed by atoms with Crippen LogP contribution in [0, 0.1) is 12.8 Å². The standard InChI is InChI=1S/C15H20N2O4/c1-9-7-11(14(19)20)3-4-12(9)16-15(21)17-6-5-13(18)10(2)8-17/h3-4,7,10,13,18H,5-6,8H2,1-2H3,(H,16,21)(H,19,20). The number of likely N-dealkylation sites (tertiary alicyclic amines) is 1. The molecule has 6 nitrogen and oxygen atoms in total. The lowest BCUT2D eigenvalue weighted by atomic mass is 9.97. The number of carboxylic acids is 1. The number of anilines is 1. The Labute approximate surface area is 123 Å². The van der Waals surface area contributed by atoms with Crippen LogP contribution in [0.3, 0.4) is 0 Å². The molecule has 1 aliphatic rings. The largest absolute Gasteiger partial charge is 0.478 e. The number of aliphatic hydroxyl groups excluding tert-OH is 1. The Kier molecular flexibility index (Phi) is 4.47. The first-order chi connectivity index (χ1) is 9.88. The van der Waals surface area contributed by atoms with E-state index in [1.807, 2.05) is 6.92 Å². The van der Waals surface area contributed by atoms with Gasteiger partial charge in [0.25, 0.3) is 0 Å². The molecule has 3 N–H and O–H groups in total. The second-order valence-electron chi connectivity index (χ2n) is 5.54. The summed E-state index contributed by atoms with van der Waals surface area (Å²) in [4.78, 5) is 24.8. The lowest BCUT2D eigenvalue weighted by Gasteiger charge is -2.34. The summed E-state index contributed by atoms with van der Waals surface area (Å²) in [6.07, 6.45) is 0.219. The van der Waals surface area contributed by atoms with Gasteiger partial charge in [-0.3, -0.25) is 0 Å². The van der Waals surface area contributed by atoms with E-state index >= 15 is 0 Å². The molecule has 1 saturated heterocycles. The smallest absolute Gasteiger partial charge is 0.335 e. The fourth-order valence-electron chi connectivity index (χ4n) is 2.45. The van der Waals surface area contributed by atoms with E-state index < -0.39 is 5.97 Å². The molecule has 0 radical (unpaired) electrons. The minimum Gasteiger partial charge on any atom is -0.478 e. The van der Waals surface area contributed by atoms with Crippen molar-refractivity contribution in [3.8, 4) is 0 Å². The van der Waals surface area contributed by atoms with Gasteiger partial charge in [0, 0.05) is 18.8 Å². The highest BCUT2D eigenvalue weighted by molar-refractivity contribution is 5.92. The van der Waals surface area contributed by atoms with Crippen LogP contribution in [0.4, 0.5) is 10.5 Å². The normalized spacial score (nSPS) is 22.0. The van der Waals surface area contributed by atoms with Gasteiger partial charge in [0.05, 0.1) is 11.7 Å². The van der Waals surface area contributed by atoms with E-state index in [9.17, 15) is 14.7 Å². The van der Waals surface area contributed by atoms with Crippen LogP contribution in [-0.4, -0.2) is 46.3 Å². The highest BCUT2D eigenvalue weighted by Gasteiger charge is 2.27. The number of hydrogen-bond acceptors (Lipinski definition) is 3. The fourth-order valence-corrected chi connectivity index (χ4v) is 2.45. The zero-order chi connectivity index (χ0) is 15.6. The van der Waals surface area contributed by atoms with Gasteiger partial charge < -0.3 is 20.4 Å². The fraction of sp³-hybridized carbons (Fsp3) is 0.467. The van der Waals surface area contributed by atoms with Crippen molar-refractivity contribution in [2.45, 2.75) is 26.4 Å². The predicted octanol–water partition coefficient (Wildman–Crippen LogP) is 1.93. The van der Waals surface area contributed by atoms with Gasteiger partial charge in [-0.05, 0) is 43.0 Å². The molecule has 0 saturated carbocycles. The number of aryl methyl sites for hydroxylation is 1. The van der Waals surface area contributed by atoms with Gasteiger partial charge in [-0.15, -0.1) is 0 Å². The average molecular weight is 292 g/mol. The number of aromatic carboxylic acids is 1. The van der Waals surface area contributed by atoms with E-state index in [2.05, 4.69) is 5.32 Å². The summed E-state index contributed by atoms with van der Waals surface area (Å²) in [5, 5.41) is 21.4. The van der Waals surface area contributed by atoms with Gasteiger partial charge >= 0.3 is 12.0 Å². The molecule has 1 aromatic carbocycles. The third-order valence-corrected chi connectivity index (χ3v) is 3.86. The average Bonchev–Trinajstić information content (AvgIpc) is 2.43. The molecule has 1 heterocycles. The number of piperidine rings is 1. The molecule has 2 amide bonds. The minimum atomic E-state index is -0.991. The molecule has 0 bridgehead atoms. The SMILES string of the molecule is Cc1cc(C(=O)O)ccc1NC(=O)N1CCC(O)C(C)C1. The van der Waals surface area contributed by atoms with Crippen molar-refractivity contribution in [3.05, 3.63) is 29.3 Å². The maximum atomic E-state index is 12.2. The quantitative estimate of drug-likeness (QED) is 0.777. The lowest BCUT2D eigenvalue weighted by molar-refractivity contribution is 0.0506. The van der Waals surface area contributed by atoms with Crippen molar-refractivity contribution >= 4 is 17.7 Å². The van der Waals surface area contributed by atoms with Crippen LogP contribution in [0.5, 0.6) is 0 Å². The highest BCUT2D eigenvalue weighted by atomic mass is 16.4. The van der Waals surface area contributed by atoms with Crippen LogP contribution in [0.25, 0.3) is 0 Å². The molecule has 2 rings (SSSR count). The summed E-state index contributed by atoms with van der Waals surface area (Å²) < 4.78 is 0. The molecular formula is C15H20N2O4. The van der Waals surface area contributed by atoms with Gasteiger partial charge in [-0.25, -0.2) is 9.59 Å². The number of nitrogens with one attached hydrogen (secondary N) is 1. The number of carbonyl (C=O) groups excluding carboxylic acids is 1. The zero-order valence-corrected chi connectivity index (χ0v) is 12.2. The number of carboxylic acid groups (broad SMARTS) is 1. The first kappa shape index (κ1) is 15.3. The van der Waals surface area contributed by atoms with Gasteiger partial charge in [0.2, 0.25) is 0 Å². The van der Waals surface area contributed by atoms with E-state index in [0.717, 1.165) is 0 Å². The first-order valence-corrected chi connectivity index (χ1v) is 6.96. The molecule has 2 unspecified atom stereocenters. The predicted molar refractivity (Wildman–Crippen MR) is 78.5 cm³/mol. The van der Waals surface area contributed by atoms with E-state index in [1.165, 1.54) is 12.1 Å². The summed E-state index contributed by atoms with van der Waals surface area (Å²) in [5.74, 6) is -0.935. The number of benzene rings is 1. The number of urea groups is 1. The van der Waals surface area contributed by atoms with Crippen LogP contribution in [0.1, 0.15) is 29.3 Å². The van der Waals surface area contributed by atoms with Crippen LogP contribution < -0.4 is 5.32 Å². The molecule has 0 aromatic heterocycles. The molecule has 6 heteroatoms. The van der Waals surface area contributed by atoms with Crippen molar-refractivity contribution in [2.24, 2.45) is 5.92 Å². The third kappa shape index (κ3) is 3.52. The number of amides is 2. The second-order valence-corrected chi connectivity index (χ2v) is 5.54. The monoisotopic (exact) mass is 292 g/mol. The Morgan fingerprint density at radius 1 is 1.38 bits per heavy atom. The Balaban J connectivity index is 2.04. The van der Waals surface area contributed by atoms with Crippen LogP contribution >= 0.6 is 0 Å². The van der Waals surface area contributed by atoms with E-state index in [0.29, 0.717) is 30.8 Å². The summed E-state index contributed by atoms with van der Waals surface area (Å²) >= 11 is 0. The van der Waals surface area contributed by atoms with Gasteiger partial charge in [-0.1, -0.05) is 6.92 Å². The Bertz CT molecular complexity index is 559. The first-order valence-electron chi connectivity index (χ1n) is 6.96. The summed E-state index contributed by atoms with van der Waals surface area (Å²) in [5.41, 5.74) is 1.50. The Morgan fingerprint density at radius 2 is 2.10 bits per heavy atom. The molecule has 2 atom stereocenters. The Morgan fingerprint density at radius 3 is 2.67 bits per heavy atom. The molecule has 114 valence electrons. The second kappa shape index (κ2) is 6.13. The minimum absolute atomic E-state index is 0.0555. The number of aliphatic hydroxyl groups is 1. The van der Waals surface area contributed by atoms with Crippen molar-refractivity contribution in [1.82, 2.24) is 4.90 Å². The van der Waals surface area contributed by atoms with Crippen LogP contribution in [0.2, 0.25) is 0 Å². The number of hydrogen-bond donors (Lipinski definition) is 3. The maximum Gasteiger partial charge on any atom is 0.335 e. The summed E-state index contributed by atoms with van der Waals surface area (Å²) in [6.45, 7) is 4.70. The van der Waals surface area contributed by atoms with Crippen molar-refractivity contribution in [2.75, 3.05) is 18.4 Å². The van der Waals surface area contributed by atoms with Crippen LogP contribution in [0.15, 0.2) is 18.2 Å². The highest BCUT2D eigenvalue weighted by Crippen LogP contribution is 2.20. The number of carbonyl (C=O) groups is 2. The van der Waals surface area contributed by atoms with Crippen LogP contribution in [-0.2, 0) is 0 Å². The molecule has 21 heavy (non-hydrogen) atoms. The van der Waals surface area contributed by atoms with Gasteiger partial charge in [0.1, 0.15) is 0 Å². The van der Waals surface area contributed by atoms with Gasteiger partial charge in [0.15, 0.2) is 0 Å². The summed E-state index contributed by atoms with van der Waals surface area (Å²) in [6, 6.07) is 4.37. The molecule has 1 aromatic rings. The topological polar surface area (TPSA) is 89.9 Å². The lowest BCUT2D eigenvalue weighted by Crippen LogP contribution is -2.46. The summed E-state index contributed by atoms with van der Waals surface area (Å²) in [7, 11) is 0. The molecule has 1 aliphatic heterocycles. The maximum absolute atomic E-state index is 12.2. The Hall–Kier alpha value is -2.08. The van der Waals surface area contributed by atoms with E-state index in [-0.39, 0.29) is 23.6 Å². The van der Waals surface area contributed by atoms with Crippen molar-refractivity contribution in [1.29, 1.82) is 0 Å².